The SMILES string of the molecule is CC(C)C(=O)Nc1cccc2c1CCC2N. The maximum atomic E-state index is 11.7. The number of hydrogen-bond donors (Lipinski definition) is 2. The Bertz CT molecular complexity index is 412. The molecular formula is C13H18N2O. The van der Waals surface area contributed by atoms with Crippen molar-refractivity contribution in [2.75, 3.05) is 5.32 Å². The van der Waals surface area contributed by atoms with Gasteiger partial charge in [-0.1, -0.05) is 26.0 Å². The summed E-state index contributed by atoms with van der Waals surface area (Å²) in [4.78, 5) is 11.7. The Labute approximate surface area is 96.0 Å². The second-order valence-electron chi connectivity index (χ2n) is 4.66. The second-order valence-corrected chi connectivity index (χ2v) is 4.66. The Balaban J connectivity index is 2.26. The van der Waals surface area contributed by atoms with Gasteiger partial charge in [-0.05, 0) is 30.0 Å². The molecule has 3 heteroatoms. The molecule has 0 radical (unpaired) electrons. The lowest BCUT2D eigenvalue weighted by molar-refractivity contribution is -0.118. The highest BCUT2D eigenvalue weighted by Crippen LogP contribution is 2.34. The monoisotopic (exact) mass is 218 g/mol. The molecule has 3 nitrogen and oxygen atoms in total. The second kappa shape index (κ2) is 4.26. The van der Waals surface area contributed by atoms with Gasteiger partial charge in [-0.15, -0.1) is 0 Å². The van der Waals surface area contributed by atoms with Crippen LogP contribution in [0.25, 0.3) is 0 Å². The zero-order valence-corrected chi connectivity index (χ0v) is 9.79. The maximum absolute atomic E-state index is 11.7. The van der Waals surface area contributed by atoms with Gasteiger partial charge in [-0.3, -0.25) is 4.79 Å². The zero-order valence-electron chi connectivity index (χ0n) is 9.79. The highest BCUT2D eigenvalue weighted by Gasteiger charge is 2.22. The van der Waals surface area contributed by atoms with Gasteiger partial charge in [0.15, 0.2) is 0 Å². The fourth-order valence-corrected chi connectivity index (χ4v) is 2.08. The van der Waals surface area contributed by atoms with Gasteiger partial charge in [0.05, 0.1) is 0 Å². The van der Waals surface area contributed by atoms with Crippen molar-refractivity contribution in [3.8, 4) is 0 Å². The first-order valence-corrected chi connectivity index (χ1v) is 5.78. The van der Waals surface area contributed by atoms with Gasteiger partial charge in [0.2, 0.25) is 5.91 Å². The predicted octanol–water partition coefficient (Wildman–Crippen LogP) is 2.23. The molecule has 0 saturated heterocycles. The Kier molecular flexibility index (Phi) is 2.97. The molecule has 0 aromatic heterocycles. The van der Waals surface area contributed by atoms with Crippen LogP contribution in [-0.4, -0.2) is 5.91 Å². The van der Waals surface area contributed by atoms with Gasteiger partial charge >= 0.3 is 0 Å². The number of nitrogens with two attached hydrogens (primary N) is 1. The summed E-state index contributed by atoms with van der Waals surface area (Å²) in [6.45, 7) is 3.79. The van der Waals surface area contributed by atoms with Gasteiger partial charge in [-0.25, -0.2) is 0 Å². The minimum Gasteiger partial charge on any atom is -0.326 e. The highest BCUT2D eigenvalue weighted by molar-refractivity contribution is 5.93. The van der Waals surface area contributed by atoms with E-state index in [2.05, 4.69) is 11.4 Å². The number of amides is 1. The van der Waals surface area contributed by atoms with Crippen LogP contribution >= 0.6 is 0 Å². The smallest absolute Gasteiger partial charge is 0.226 e. The fraction of sp³-hybridized carbons (Fsp3) is 0.462. The molecule has 0 aliphatic heterocycles. The van der Waals surface area contributed by atoms with E-state index >= 15 is 0 Å². The van der Waals surface area contributed by atoms with E-state index in [0.717, 1.165) is 18.5 Å². The largest absolute Gasteiger partial charge is 0.326 e. The van der Waals surface area contributed by atoms with Crippen molar-refractivity contribution in [3.05, 3.63) is 29.3 Å². The predicted molar refractivity (Wildman–Crippen MR) is 65.2 cm³/mol. The van der Waals surface area contributed by atoms with Crippen molar-refractivity contribution < 1.29 is 4.79 Å². The number of benzene rings is 1. The summed E-state index contributed by atoms with van der Waals surface area (Å²) in [5.41, 5.74) is 9.32. The van der Waals surface area contributed by atoms with Gasteiger partial charge in [-0.2, -0.15) is 0 Å². The lowest BCUT2D eigenvalue weighted by Gasteiger charge is -2.12. The molecule has 1 aromatic carbocycles. The highest BCUT2D eigenvalue weighted by atomic mass is 16.1. The molecule has 0 saturated carbocycles. The summed E-state index contributed by atoms with van der Waals surface area (Å²) in [5, 5.41) is 2.97. The van der Waals surface area contributed by atoms with E-state index in [9.17, 15) is 4.79 Å². The Hall–Kier alpha value is -1.35. The van der Waals surface area contributed by atoms with Crippen LogP contribution < -0.4 is 11.1 Å². The average Bonchev–Trinajstić information content (AvgIpc) is 2.62. The van der Waals surface area contributed by atoms with Gasteiger partial charge < -0.3 is 11.1 Å². The summed E-state index contributed by atoms with van der Waals surface area (Å²) in [5.74, 6) is 0.0693. The van der Waals surface area contributed by atoms with Gasteiger partial charge in [0.25, 0.3) is 0 Å². The van der Waals surface area contributed by atoms with E-state index in [4.69, 9.17) is 5.73 Å². The van der Waals surface area contributed by atoms with Crippen LogP contribution in [-0.2, 0) is 11.2 Å². The number of rotatable bonds is 2. The molecule has 0 fully saturated rings. The molecule has 86 valence electrons. The summed E-state index contributed by atoms with van der Waals surface area (Å²) in [7, 11) is 0. The molecule has 3 N–H and O–H groups in total. The van der Waals surface area contributed by atoms with Crippen molar-refractivity contribution in [1.29, 1.82) is 0 Å². The molecule has 1 aliphatic carbocycles. The minimum absolute atomic E-state index is 0.00549. The quantitative estimate of drug-likeness (QED) is 0.799. The summed E-state index contributed by atoms with van der Waals surface area (Å²) >= 11 is 0. The lowest BCUT2D eigenvalue weighted by atomic mass is 10.1. The fourth-order valence-electron chi connectivity index (χ4n) is 2.08. The Morgan fingerprint density at radius 1 is 1.50 bits per heavy atom. The Morgan fingerprint density at radius 2 is 2.25 bits per heavy atom. The summed E-state index contributed by atoms with van der Waals surface area (Å²) < 4.78 is 0. The Morgan fingerprint density at radius 3 is 2.94 bits per heavy atom. The average molecular weight is 218 g/mol. The number of carbonyl (C=O) groups excluding carboxylic acids is 1. The van der Waals surface area contributed by atoms with Crippen LogP contribution in [0.3, 0.4) is 0 Å². The van der Waals surface area contributed by atoms with E-state index in [1.165, 1.54) is 11.1 Å². The summed E-state index contributed by atoms with van der Waals surface area (Å²) in [6, 6.07) is 6.10. The lowest BCUT2D eigenvalue weighted by Crippen LogP contribution is -2.18. The molecule has 0 heterocycles. The van der Waals surface area contributed by atoms with Crippen LogP contribution in [0.15, 0.2) is 18.2 Å². The first kappa shape index (κ1) is 11.1. The van der Waals surface area contributed by atoms with Crippen molar-refractivity contribution in [3.63, 3.8) is 0 Å². The third-order valence-corrected chi connectivity index (χ3v) is 3.10. The normalized spacial score (nSPS) is 18.6. The molecule has 1 unspecified atom stereocenters. The van der Waals surface area contributed by atoms with E-state index in [1.54, 1.807) is 0 Å². The minimum atomic E-state index is 0.00549. The number of carbonyl (C=O) groups is 1. The van der Waals surface area contributed by atoms with Gasteiger partial charge in [0, 0.05) is 17.6 Å². The van der Waals surface area contributed by atoms with E-state index in [1.807, 2.05) is 26.0 Å². The van der Waals surface area contributed by atoms with Crippen molar-refractivity contribution in [1.82, 2.24) is 0 Å². The molecular weight excluding hydrogens is 200 g/mol. The van der Waals surface area contributed by atoms with Crippen LogP contribution in [0.5, 0.6) is 0 Å². The molecule has 0 spiro atoms. The molecule has 1 aromatic rings. The first-order valence-electron chi connectivity index (χ1n) is 5.78. The van der Waals surface area contributed by atoms with Crippen LogP contribution in [0, 0.1) is 5.92 Å². The zero-order chi connectivity index (χ0) is 11.7. The molecule has 2 rings (SSSR count). The first-order chi connectivity index (χ1) is 7.59. The number of fused-ring (bicyclic) bond motifs is 1. The van der Waals surface area contributed by atoms with Gasteiger partial charge in [0.1, 0.15) is 0 Å². The van der Waals surface area contributed by atoms with E-state index < -0.39 is 0 Å². The topological polar surface area (TPSA) is 55.1 Å². The van der Waals surface area contributed by atoms with Crippen LogP contribution in [0.1, 0.15) is 37.4 Å². The van der Waals surface area contributed by atoms with Crippen molar-refractivity contribution >= 4 is 11.6 Å². The molecule has 1 aliphatic rings. The van der Waals surface area contributed by atoms with Crippen molar-refractivity contribution in [2.24, 2.45) is 11.7 Å². The molecule has 1 amide bonds. The van der Waals surface area contributed by atoms with Crippen LogP contribution in [0.4, 0.5) is 5.69 Å². The number of nitrogens with one attached hydrogen (secondary N) is 1. The summed E-state index contributed by atoms with van der Waals surface area (Å²) in [6.07, 6.45) is 1.94. The number of anilines is 1. The molecule has 1 atom stereocenters. The standard InChI is InChI=1S/C13H18N2O/c1-8(2)13(16)15-12-5-3-4-9-10(12)6-7-11(9)14/h3-5,8,11H,6-7,14H2,1-2H3,(H,15,16). The third-order valence-electron chi connectivity index (χ3n) is 3.10. The molecule has 0 bridgehead atoms. The van der Waals surface area contributed by atoms with Crippen molar-refractivity contribution in [2.45, 2.75) is 32.7 Å². The van der Waals surface area contributed by atoms with E-state index in [0.29, 0.717) is 0 Å². The maximum Gasteiger partial charge on any atom is 0.226 e. The van der Waals surface area contributed by atoms with E-state index in [-0.39, 0.29) is 17.9 Å². The molecule has 16 heavy (non-hydrogen) atoms. The third kappa shape index (κ3) is 1.95. The number of hydrogen-bond acceptors (Lipinski definition) is 2. The van der Waals surface area contributed by atoms with Crippen LogP contribution in [0.2, 0.25) is 0 Å².